The third-order valence-electron chi connectivity index (χ3n) is 3.23. The van der Waals surface area contributed by atoms with Crippen molar-refractivity contribution >= 4 is 17.9 Å². The molecule has 1 heterocycles. The Kier molecular flexibility index (Phi) is 5.65. The highest BCUT2D eigenvalue weighted by Gasteiger charge is 2.13. The van der Waals surface area contributed by atoms with Crippen LogP contribution in [0.1, 0.15) is 22.8 Å². The van der Waals surface area contributed by atoms with Crippen LogP contribution >= 0.6 is 0 Å². The van der Waals surface area contributed by atoms with Crippen LogP contribution in [0.3, 0.4) is 0 Å². The number of benzene rings is 1. The quantitative estimate of drug-likeness (QED) is 0.890. The molecule has 0 fully saturated rings. The minimum Gasteiger partial charge on any atom is -0.357 e. The van der Waals surface area contributed by atoms with Crippen molar-refractivity contribution in [2.75, 3.05) is 25.5 Å². The standard InChI is InChI=1S/C17H20N4O/c1-3-21(11-7-10-14-8-5-4-6-9-14)16(22)15-12-19-17(18-2)20-13-15/h4-10,12-13H,3,11H2,1-2H3,(H,18,19,20). The van der Waals surface area contributed by atoms with Gasteiger partial charge in [0.05, 0.1) is 5.56 Å². The zero-order valence-corrected chi connectivity index (χ0v) is 12.9. The van der Waals surface area contributed by atoms with Gasteiger partial charge >= 0.3 is 0 Å². The second kappa shape index (κ2) is 7.93. The third-order valence-corrected chi connectivity index (χ3v) is 3.23. The van der Waals surface area contributed by atoms with Crippen molar-refractivity contribution in [2.24, 2.45) is 0 Å². The average molecular weight is 296 g/mol. The molecular formula is C17H20N4O. The molecule has 0 aliphatic heterocycles. The second-order valence-electron chi connectivity index (χ2n) is 4.70. The highest BCUT2D eigenvalue weighted by Crippen LogP contribution is 2.06. The first-order valence-corrected chi connectivity index (χ1v) is 7.25. The van der Waals surface area contributed by atoms with Crippen molar-refractivity contribution in [1.82, 2.24) is 14.9 Å². The number of carbonyl (C=O) groups is 1. The molecule has 0 unspecified atom stereocenters. The molecule has 5 nitrogen and oxygen atoms in total. The lowest BCUT2D eigenvalue weighted by molar-refractivity contribution is 0.0781. The molecule has 0 aliphatic rings. The van der Waals surface area contributed by atoms with Crippen LogP contribution in [0.5, 0.6) is 0 Å². The van der Waals surface area contributed by atoms with Crippen LogP contribution in [0.4, 0.5) is 5.95 Å². The van der Waals surface area contributed by atoms with E-state index in [1.807, 2.05) is 49.4 Å². The van der Waals surface area contributed by atoms with Crippen LogP contribution in [0.2, 0.25) is 0 Å². The van der Waals surface area contributed by atoms with Crippen LogP contribution in [0.25, 0.3) is 6.08 Å². The van der Waals surface area contributed by atoms with Gasteiger partial charge in [-0.25, -0.2) is 9.97 Å². The lowest BCUT2D eigenvalue weighted by atomic mass is 10.2. The second-order valence-corrected chi connectivity index (χ2v) is 4.70. The van der Waals surface area contributed by atoms with Gasteiger partial charge < -0.3 is 10.2 Å². The molecule has 1 aromatic heterocycles. The first-order chi connectivity index (χ1) is 10.7. The van der Waals surface area contributed by atoms with Gasteiger partial charge in [-0.15, -0.1) is 0 Å². The van der Waals surface area contributed by atoms with Gasteiger partial charge in [-0.1, -0.05) is 42.5 Å². The predicted octanol–water partition coefficient (Wildman–Crippen LogP) is 2.69. The summed E-state index contributed by atoms with van der Waals surface area (Å²) in [5.74, 6) is 0.437. The summed E-state index contributed by atoms with van der Waals surface area (Å²) in [5, 5.41) is 2.83. The van der Waals surface area contributed by atoms with E-state index in [1.165, 1.54) is 0 Å². The molecule has 1 aromatic carbocycles. The fourth-order valence-corrected chi connectivity index (χ4v) is 1.99. The van der Waals surface area contributed by atoms with Crippen molar-refractivity contribution in [3.63, 3.8) is 0 Å². The summed E-state index contributed by atoms with van der Waals surface area (Å²) in [6, 6.07) is 10.0. The van der Waals surface area contributed by atoms with Gasteiger partial charge in [0, 0.05) is 32.5 Å². The topological polar surface area (TPSA) is 58.1 Å². The molecule has 0 spiro atoms. The number of anilines is 1. The molecule has 0 saturated carbocycles. The van der Waals surface area contributed by atoms with Crippen molar-refractivity contribution in [1.29, 1.82) is 0 Å². The van der Waals surface area contributed by atoms with Gasteiger partial charge in [0.25, 0.3) is 5.91 Å². The normalized spacial score (nSPS) is 10.6. The van der Waals surface area contributed by atoms with Crippen molar-refractivity contribution < 1.29 is 4.79 Å². The van der Waals surface area contributed by atoms with E-state index in [2.05, 4.69) is 15.3 Å². The van der Waals surface area contributed by atoms with Crippen LogP contribution in [0, 0.1) is 0 Å². The Labute approximate surface area is 130 Å². The molecule has 1 N–H and O–H groups in total. The van der Waals surface area contributed by atoms with Gasteiger partial charge in [0.2, 0.25) is 5.95 Å². The van der Waals surface area contributed by atoms with E-state index in [4.69, 9.17) is 0 Å². The summed E-state index contributed by atoms with van der Waals surface area (Å²) in [6.45, 7) is 3.14. The van der Waals surface area contributed by atoms with E-state index >= 15 is 0 Å². The molecule has 0 saturated heterocycles. The zero-order valence-electron chi connectivity index (χ0n) is 12.9. The number of likely N-dealkylation sites (N-methyl/N-ethyl adjacent to an activating group) is 1. The van der Waals surface area contributed by atoms with Crippen LogP contribution in [-0.4, -0.2) is 40.9 Å². The molecule has 0 atom stereocenters. The van der Waals surface area contributed by atoms with Gasteiger partial charge in [0.1, 0.15) is 0 Å². The maximum absolute atomic E-state index is 12.4. The Morgan fingerprint density at radius 1 is 1.23 bits per heavy atom. The van der Waals surface area contributed by atoms with E-state index in [0.29, 0.717) is 24.6 Å². The Bertz CT molecular complexity index is 623. The highest BCUT2D eigenvalue weighted by atomic mass is 16.2. The number of aromatic nitrogens is 2. The smallest absolute Gasteiger partial charge is 0.257 e. The summed E-state index contributed by atoms with van der Waals surface area (Å²) < 4.78 is 0. The number of nitrogens with one attached hydrogen (secondary N) is 1. The Morgan fingerprint density at radius 2 is 1.91 bits per heavy atom. The monoisotopic (exact) mass is 296 g/mol. The zero-order chi connectivity index (χ0) is 15.8. The van der Waals surface area contributed by atoms with Crippen LogP contribution < -0.4 is 5.32 Å². The maximum Gasteiger partial charge on any atom is 0.257 e. The largest absolute Gasteiger partial charge is 0.357 e. The summed E-state index contributed by atoms with van der Waals surface area (Å²) >= 11 is 0. The number of amides is 1. The molecular weight excluding hydrogens is 276 g/mol. The number of hydrogen-bond acceptors (Lipinski definition) is 4. The molecule has 0 radical (unpaired) electrons. The molecule has 2 rings (SSSR count). The third kappa shape index (κ3) is 4.15. The van der Waals surface area contributed by atoms with Gasteiger partial charge in [-0.05, 0) is 12.5 Å². The van der Waals surface area contributed by atoms with E-state index in [-0.39, 0.29) is 5.91 Å². The number of carbonyl (C=O) groups excluding carboxylic acids is 1. The lowest BCUT2D eigenvalue weighted by Gasteiger charge is -2.18. The Morgan fingerprint density at radius 3 is 2.50 bits per heavy atom. The van der Waals surface area contributed by atoms with Crippen molar-refractivity contribution in [3.8, 4) is 0 Å². The minimum absolute atomic E-state index is 0.0668. The SMILES string of the molecule is CCN(CC=Cc1ccccc1)C(=O)c1cnc(NC)nc1. The first kappa shape index (κ1) is 15.7. The molecule has 114 valence electrons. The van der Waals surface area contributed by atoms with Crippen molar-refractivity contribution in [3.05, 3.63) is 59.9 Å². The van der Waals surface area contributed by atoms with Gasteiger partial charge in [-0.3, -0.25) is 4.79 Å². The molecule has 5 heteroatoms. The maximum atomic E-state index is 12.4. The van der Waals surface area contributed by atoms with E-state index < -0.39 is 0 Å². The highest BCUT2D eigenvalue weighted by molar-refractivity contribution is 5.93. The number of hydrogen-bond donors (Lipinski definition) is 1. The Hall–Kier alpha value is -2.69. The van der Waals surface area contributed by atoms with Crippen molar-refractivity contribution in [2.45, 2.75) is 6.92 Å². The molecule has 0 aliphatic carbocycles. The number of nitrogens with zero attached hydrogens (tertiary/aromatic N) is 3. The molecule has 22 heavy (non-hydrogen) atoms. The summed E-state index contributed by atoms with van der Waals surface area (Å²) in [4.78, 5) is 22.3. The summed E-state index contributed by atoms with van der Waals surface area (Å²) in [5.41, 5.74) is 1.61. The summed E-state index contributed by atoms with van der Waals surface area (Å²) in [6.07, 6.45) is 7.09. The minimum atomic E-state index is -0.0668. The molecule has 0 bridgehead atoms. The van der Waals surface area contributed by atoms with Crippen LogP contribution in [-0.2, 0) is 0 Å². The van der Waals surface area contributed by atoms with Gasteiger partial charge in [-0.2, -0.15) is 0 Å². The van der Waals surface area contributed by atoms with Gasteiger partial charge in [0.15, 0.2) is 0 Å². The van der Waals surface area contributed by atoms with E-state index in [9.17, 15) is 4.79 Å². The fraction of sp³-hybridized carbons (Fsp3) is 0.235. The van der Waals surface area contributed by atoms with E-state index in [1.54, 1.807) is 24.3 Å². The Balaban J connectivity index is 2.00. The average Bonchev–Trinajstić information content (AvgIpc) is 2.59. The number of rotatable bonds is 6. The summed E-state index contributed by atoms with van der Waals surface area (Å²) in [7, 11) is 1.74. The first-order valence-electron chi connectivity index (χ1n) is 7.25. The fourth-order valence-electron chi connectivity index (χ4n) is 1.99. The lowest BCUT2D eigenvalue weighted by Crippen LogP contribution is -2.31. The molecule has 2 aromatic rings. The predicted molar refractivity (Wildman–Crippen MR) is 88.6 cm³/mol. The van der Waals surface area contributed by atoms with E-state index in [0.717, 1.165) is 5.56 Å². The van der Waals surface area contributed by atoms with Crippen LogP contribution in [0.15, 0.2) is 48.8 Å². The molecule has 1 amide bonds.